The molecular weight excluding hydrogens is 362 g/mol. The Hall–Kier alpha value is -3.62. The smallest absolute Gasteiger partial charge is 0.412 e. The molecule has 2 heterocycles. The molecule has 3 aromatic rings. The summed E-state index contributed by atoms with van der Waals surface area (Å²) < 4.78 is 5.29. The van der Waals surface area contributed by atoms with Crippen LogP contribution < -0.4 is 11.0 Å². The summed E-state index contributed by atoms with van der Waals surface area (Å²) in [6.07, 6.45) is 0.960. The first-order chi connectivity index (χ1) is 13.2. The Morgan fingerprint density at radius 1 is 1.21 bits per heavy atom. The molecule has 2 aromatic heterocycles. The van der Waals surface area contributed by atoms with Gasteiger partial charge in [-0.2, -0.15) is 0 Å². The second-order valence-corrected chi connectivity index (χ2v) is 7.12. The third kappa shape index (κ3) is 4.76. The summed E-state index contributed by atoms with van der Waals surface area (Å²) in [6, 6.07) is 9.27. The van der Waals surface area contributed by atoms with Crippen molar-refractivity contribution in [2.45, 2.75) is 32.8 Å². The van der Waals surface area contributed by atoms with Gasteiger partial charge in [0.25, 0.3) is 0 Å². The van der Waals surface area contributed by atoms with Crippen molar-refractivity contribution < 1.29 is 14.6 Å². The van der Waals surface area contributed by atoms with E-state index >= 15 is 0 Å². The highest BCUT2D eigenvalue weighted by Crippen LogP contribution is 2.26. The van der Waals surface area contributed by atoms with Crippen molar-refractivity contribution in [2.75, 3.05) is 5.32 Å². The number of carbonyl (C=O) groups excluding carboxylic acids is 1. The number of hydrogen-bond donors (Lipinski definition) is 4. The molecule has 3 rings (SSSR count). The lowest BCUT2D eigenvalue weighted by Gasteiger charge is -2.20. The number of aromatic amines is 2. The SMILES string of the molecule is CC(C)(C)OC(=O)Nc1cnc(Cc2[nH]c(=O)[nH]c2O)nc1-c1ccccc1. The van der Waals surface area contributed by atoms with E-state index in [1.54, 1.807) is 20.8 Å². The number of rotatable bonds is 4. The second kappa shape index (κ2) is 7.55. The van der Waals surface area contributed by atoms with Gasteiger partial charge in [0, 0.05) is 5.56 Å². The van der Waals surface area contributed by atoms with Gasteiger partial charge in [0.15, 0.2) is 0 Å². The van der Waals surface area contributed by atoms with Crippen molar-refractivity contribution in [3.05, 3.63) is 58.5 Å². The zero-order chi connectivity index (χ0) is 20.3. The number of anilines is 1. The zero-order valence-corrected chi connectivity index (χ0v) is 15.7. The number of amides is 1. The Kier molecular flexibility index (Phi) is 5.16. The van der Waals surface area contributed by atoms with Crippen LogP contribution in [0.15, 0.2) is 41.3 Å². The molecule has 0 aliphatic carbocycles. The molecule has 0 aliphatic rings. The third-order valence-electron chi connectivity index (χ3n) is 3.64. The number of aromatic hydroxyl groups is 1. The number of hydrogen-bond acceptors (Lipinski definition) is 6. The maximum atomic E-state index is 12.2. The lowest BCUT2D eigenvalue weighted by Crippen LogP contribution is -2.27. The number of H-pyrrole nitrogens is 2. The maximum absolute atomic E-state index is 12.2. The van der Waals surface area contributed by atoms with Gasteiger partial charge in [0.2, 0.25) is 5.88 Å². The molecule has 28 heavy (non-hydrogen) atoms. The van der Waals surface area contributed by atoms with Crippen LogP contribution in [0.4, 0.5) is 10.5 Å². The number of nitrogens with one attached hydrogen (secondary N) is 3. The fourth-order valence-corrected chi connectivity index (χ4v) is 2.52. The van der Waals surface area contributed by atoms with Crippen LogP contribution in [-0.4, -0.2) is 36.7 Å². The highest BCUT2D eigenvalue weighted by Gasteiger charge is 2.19. The van der Waals surface area contributed by atoms with Crippen LogP contribution in [0.25, 0.3) is 11.3 Å². The average molecular weight is 383 g/mol. The van der Waals surface area contributed by atoms with Crippen LogP contribution in [0.3, 0.4) is 0 Å². The van der Waals surface area contributed by atoms with E-state index in [1.165, 1.54) is 6.20 Å². The van der Waals surface area contributed by atoms with E-state index < -0.39 is 17.4 Å². The number of ether oxygens (including phenoxy) is 1. The van der Waals surface area contributed by atoms with E-state index in [9.17, 15) is 14.7 Å². The fourth-order valence-electron chi connectivity index (χ4n) is 2.52. The van der Waals surface area contributed by atoms with E-state index in [0.29, 0.717) is 17.2 Å². The van der Waals surface area contributed by atoms with Crippen LogP contribution >= 0.6 is 0 Å². The first-order valence-electron chi connectivity index (χ1n) is 8.63. The number of imidazole rings is 1. The predicted molar refractivity (Wildman–Crippen MR) is 103 cm³/mol. The molecule has 4 N–H and O–H groups in total. The zero-order valence-electron chi connectivity index (χ0n) is 15.7. The molecule has 1 amide bonds. The summed E-state index contributed by atoms with van der Waals surface area (Å²) in [6.45, 7) is 5.32. The standard InChI is InChI=1S/C19H21N5O4/c1-19(2,3)28-18(27)22-13-10-20-14(9-12-16(25)24-17(26)21-12)23-15(13)11-7-5-4-6-8-11/h4-8,10,25H,9H2,1-3H3,(H,22,27)(H2,21,24,26). The second-order valence-electron chi connectivity index (χ2n) is 7.12. The van der Waals surface area contributed by atoms with Crippen LogP contribution in [0.5, 0.6) is 5.88 Å². The van der Waals surface area contributed by atoms with Gasteiger partial charge in [-0.1, -0.05) is 30.3 Å². The Morgan fingerprint density at radius 2 is 1.93 bits per heavy atom. The van der Waals surface area contributed by atoms with E-state index in [1.807, 2.05) is 30.3 Å². The summed E-state index contributed by atoms with van der Waals surface area (Å²) in [4.78, 5) is 37.0. The fraction of sp³-hybridized carbons (Fsp3) is 0.263. The van der Waals surface area contributed by atoms with Crippen LogP contribution in [0, 0.1) is 0 Å². The summed E-state index contributed by atoms with van der Waals surface area (Å²) in [7, 11) is 0. The summed E-state index contributed by atoms with van der Waals surface area (Å²) >= 11 is 0. The number of nitrogens with zero attached hydrogens (tertiary/aromatic N) is 2. The summed E-state index contributed by atoms with van der Waals surface area (Å²) in [5, 5.41) is 12.4. The topological polar surface area (TPSA) is 133 Å². The molecule has 0 unspecified atom stereocenters. The van der Waals surface area contributed by atoms with Gasteiger partial charge in [-0.05, 0) is 20.8 Å². The number of benzene rings is 1. The van der Waals surface area contributed by atoms with Crippen molar-refractivity contribution in [3.63, 3.8) is 0 Å². The Bertz CT molecular complexity index is 1030. The molecule has 0 aliphatic heterocycles. The number of carbonyl (C=O) groups is 1. The molecule has 9 nitrogen and oxygen atoms in total. The van der Waals surface area contributed by atoms with Crippen LogP contribution in [0.1, 0.15) is 32.3 Å². The molecule has 0 saturated heterocycles. The molecule has 0 bridgehead atoms. The first-order valence-corrected chi connectivity index (χ1v) is 8.63. The molecule has 0 radical (unpaired) electrons. The monoisotopic (exact) mass is 383 g/mol. The van der Waals surface area contributed by atoms with E-state index in [0.717, 1.165) is 5.56 Å². The summed E-state index contributed by atoms with van der Waals surface area (Å²) in [5.74, 6) is 0.102. The van der Waals surface area contributed by atoms with Gasteiger partial charge in [0.05, 0.1) is 29.7 Å². The highest BCUT2D eigenvalue weighted by molar-refractivity contribution is 5.90. The third-order valence-corrected chi connectivity index (χ3v) is 3.64. The van der Waals surface area contributed by atoms with E-state index in [-0.39, 0.29) is 18.0 Å². The normalized spacial score (nSPS) is 11.2. The van der Waals surface area contributed by atoms with Gasteiger partial charge >= 0.3 is 11.8 Å². The summed E-state index contributed by atoms with van der Waals surface area (Å²) in [5.41, 5.74) is 0.764. The van der Waals surface area contributed by atoms with Crippen LogP contribution in [-0.2, 0) is 11.2 Å². The largest absolute Gasteiger partial charge is 0.493 e. The van der Waals surface area contributed by atoms with Gasteiger partial charge in [-0.15, -0.1) is 0 Å². The lowest BCUT2D eigenvalue weighted by molar-refractivity contribution is 0.0636. The van der Waals surface area contributed by atoms with E-state index in [4.69, 9.17) is 4.74 Å². The molecule has 9 heteroatoms. The Labute approximate surface area is 160 Å². The molecule has 0 fully saturated rings. The minimum absolute atomic E-state index is 0.108. The van der Waals surface area contributed by atoms with Crippen molar-refractivity contribution in [1.82, 2.24) is 19.9 Å². The lowest BCUT2D eigenvalue weighted by atomic mass is 10.1. The van der Waals surface area contributed by atoms with E-state index in [2.05, 4.69) is 25.3 Å². The quantitative estimate of drug-likeness (QED) is 0.547. The van der Waals surface area contributed by atoms with Crippen molar-refractivity contribution in [2.24, 2.45) is 0 Å². The van der Waals surface area contributed by atoms with Gasteiger partial charge in [-0.3, -0.25) is 10.3 Å². The van der Waals surface area contributed by atoms with Crippen molar-refractivity contribution in [3.8, 4) is 17.1 Å². The first kappa shape index (κ1) is 19.2. The molecule has 1 aromatic carbocycles. The maximum Gasteiger partial charge on any atom is 0.412 e. The average Bonchev–Trinajstić information content (AvgIpc) is 2.92. The minimum atomic E-state index is -0.643. The highest BCUT2D eigenvalue weighted by atomic mass is 16.6. The predicted octanol–water partition coefficient (Wildman–Crippen LogP) is 2.80. The van der Waals surface area contributed by atoms with Gasteiger partial charge in [0.1, 0.15) is 11.4 Å². The molecular formula is C19H21N5O4. The van der Waals surface area contributed by atoms with Gasteiger partial charge < -0.3 is 14.8 Å². The Morgan fingerprint density at radius 3 is 2.54 bits per heavy atom. The Balaban J connectivity index is 1.95. The molecule has 0 saturated carbocycles. The molecule has 146 valence electrons. The molecule has 0 spiro atoms. The van der Waals surface area contributed by atoms with Crippen molar-refractivity contribution in [1.29, 1.82) is 0 Å². The van der Waals surface area contributed by atoms with Crippen molar-refractivity contribution >= 4 is 11.8 Å². The van der Waals surface area contributed by atoms with Gasteiger partial charge in [-0.25, -0.2) is 19.6 Å². The molecule has 0 atom stereocenters. The minimum Gasteiger partial charge on any atom is -0.493 e. The van der Waals surface area contributed by atoms with Crippen LogP contribution in [0.2, 0.25) is 0 Å². The number of aromatic nitrogens is 4.